The minimum absolute atomic E-state index is 0.00222. The number of hydrogen-bond donors (Lipinski definition) is 2. The first-order valence-corrected chi connectivity index (χ1v) is 10.4. The standard InChI is InChI=1S/C10H11ClO3.C10H10O4S/c11-8-3-5-9(6-4-8)14-7-1-2-10(12)13;1-2-8-5-3-4-6-9(8)15(13,14)7-10(11)12/h3-6H,1-2,7H2,(H,12,13);2-6H,1,7H2,(H,11,12). The molecule has 0 radical (unpaired) electrons. The molecule has 0 aromatic heterocycles. The van der Waals surface area contributed by atoms with E-state index >= 15 is 0 Å². The van der Waals surface area contributed by atoms with Crippen molar-refractivity contribution in [3.63, 3.8) is 0 Å². The molecule has 2 N–H and O–H groups in total. The number of carboxylic acid groups (broad SMARTS) is 2. The van der Waals surface area contributed by atoms with Gasteiger partial charge in [-0.2, -0.15) is 0 Å². The summed E-state index contributed by atoms with van der Waals surface area (Å²) in [6.45, 7) is 3.88. The number of aliphatic carboxylic acids is 2. The number of rotatable bonds is 9. The fourth-order valence-electron chi connectivity index (χ4n) is 2.12. The van der Waals surface area contributed by atoms with Crippen molar-refractivity contribution in [2.75, 3.05) is 12.4 Å². The number of hydrogen-bond acceptors (Lipinski definition) is 5. The summed E-state index contributed by atoms with van der Waals surface area (Å²) < 4.78 is 28.5. The number of halogens is 1. The Morgan fingerprint density at radius 1 is 1.03 bits per heavy atom. The smallest absolute Gasteiger partial charge is 0.319 e. The molecule has 156 valence electrons. The van der Waals surface area contributed by atoms with E-state index < -0.39 is 27.5 Å². The first-order chi connectivity index (χ1) is 13.7. The minimum atomic E-state index is -3.77. The molecular weight excluding hydrogens is 420 g/mol. The third-order valence-electron chi connectivity index (χ3n) is 3.40. The zero-order valence-electron chi connectivity index (χ0n) is 15.5. The molecule has 0 unspecified atom stereocenters. The molecule has 0 aliphatic heterocycles. The van der Waals surface area contributed by atoms with Crippen LogP contribution in [0.3, 0.4) is 0 Å². The second-order valence-corrected chi connectivity index (χ2v) is 8.09. The zero-order valence-corrected chi connectivity index (χ0v) is 17.0. The van der Waals surface area contributed by atoms with E-state index in [1.165, 1.54) is 12.1 Å². The van der Waals surface area contributed by atoms with E-state index in [0.29, 0.717) is 29.4 Å². The first kappa shape index (κ1) is 24.2. The van der Waals surface area contributed by atoms with Gasteiger partial charge in [-0.15, -0.1) is 0 Å². The topological polar surface area (TPSA) is 118 Å². The van der Waals surface area contributed by atoms with Crippen LogP contribution in [0.4, 0.5) is 0 Å². The Bertz CT molecular complexity index is 938. The van der Waals surface area contributed by atoms with Crippen molar-refractivity contribution in [3.8, 4) is 5.75 Å². The van der Waals surface area contributed by atoms with Crippen LogP contribution in [0.25, 0.3) is 6.08 Å². The van der Waals surface area contributed by atoms with Crippen LogP contribution in [-0.2, 0) is 19.4 Å². The number of ether oxygens (including phenoxy) is 1. The molecule has 0 aliphatic rings. The van der Waals surface area contributed by atoms with Gasteiger partial charge < -0.3 is 14.9 Å². The van der Waals surface area contributed by atoms with Crippen LogP contribution in [0.15, 0.2) is 60.0 Å². The molecule has 0 saturated carbocycles. The molecule has 2 rings (SSSR count). The maximum Gasteiger partial charge on any atom is 0.319 e. The fourth-order valence-corrected chi connectivity index (χ4v) is 3.52. The second-order valence-electron chi connectivity index (χ2n) is 5.69. The molecule has 2 aromatic rings. The molecule has 2 aromatic carbocycles. The van der Waals surface area contributed by atoms with Crippen molar-refractivity contribution in [1.29, 1.82) is 0 Å². The van der Waals surface area contributed by atoms with Gasteiger partial charge >= 0.3 is 11.9 Å². The van der Waals surface area contributed by atoms with Crippen LogP contribution < -0.4 is 4.74 Å². The van der Waals surface area contributed by atoms with Crippen LogP contribution in [0.1, 0.15) is 18.4 Å². The van der Waals surface area contributed by atoms with Crippen LogP contribution in [0, 0.1) is 0 Å². The van der Waals surface area contributed by atoms with E-state index in [0.717, 1.165) is 0 Å². The minimum Gasteiger partial charge on any atom is -0.494 e. The molecule has 7 nitrogen and oxygen atoms in total. The summed E-state index contributed by atoms with van der Waals surface area (Å²) in [5.74, 6) is -2.36. The maximum absolute atomic E-state index is 11.6. The molecule has 9 heteroatoms. The lowest BCUT2D eigenvalue weighted by atomic mass is 10.2. The van der Waals surface area contributed by atoms with Crippen molar-refractivity contribution in [1.82, 2.24) is 0 Å². The van der Waals surface area contributed by atoms with Crippen LogP contribution in [0.2, 0.25) is 5.02 Å². The molecule has 0 spiro atoms. The third-order valence-corrected chi connectivity index (χ3v) is 5.33. The predicted octanol–water partition coefficient (Wildman–Crippen LogP) is 3.77. The van der Waals surface area contributed by atoms with Gasteiger partial charge in [-0.25, -0.2) is 8.42 Å². The summed E-state index contributed by atoms with van der Waals surface area (Å²) in [5.41, 5.74) is 0.416. The van der Waals surface area contributed by atoms with Crippen LogP contribution >= 0.6 is 11.6 Å². The molecule has 0 amide bonds. The van der Waals surface area contributed by atoms with Gasteiger partial charge in [-0.3, -0.25) is 9.59 Å². The van der Waals surface area contributed by atoms with Crippen LogP contribution in [-0.4, -0.2) is 42.9 Å². The SMILES string of the molecule is C=Cc1ccccc1S(=O)(=O)CC(=O)O.O=C(O)CCCOc1ccc(Cl)cc1. The van der Waals surface area contributed by atoms with E-state index in [2.05, 4.69) is 6.58 Å². The Kier molecular flexibility index (Phi) is 9.91. The van der Waals surface area contributed by atoms with Gasteiger partial charge in [0.25, 0.3) is 0 Å². The monoisotopic (exact) mass is 440 g/mol. The van der Waals surface area contributed by atoms with E-state index in [1.807, 2.05) is 0 Å². The Morgan fingerprint density at radius 3 is 2.21 bits per heavy atom. The lowest BCUT2D eigenvalue weighted by Gasteiger charge is -2.04. The normalized spacial score (nSPS) is 10.4. The van der Waals surface area contributed by atoms with E-state index in [4.69, 9.17) is 26.6 Å². The maximum atomic E-state index is 11.6. The molecule has 0 heterocycles. The second kappa shape index (κ2) is 11.9. The van der Waals surface area contributed by atoms with Gasteiger partial charge in [-0.1, -0.05) is 42.5 Å². The summed E-state index contributed by atoms with van der Waals surface area (Å²) in [5, 5.41) is 17.5. The Balaban J connectivity index is 0.000000291. The Morgan fingerprint density at radius 2 is 1.66 bits per heavy atom. The van der Waals surface area contributed by atoms with Crippen molar-refractivity contribution in [2.24, 2.45) is 0 Å². The highest BCUT2D eigenvalue weighted by Gasteiger charge is 2.20. The number of carboxylic acids is 2. The average molecular weight is 441 g/mol. The zero-order chi connectivity index (χ0) is 21.9. The summed E-state index contributed by atoms with van der Waals surface area (Å²) in [4.78, 5) is 20.6. The van der Waals surface area contributed by atoms with Crippen molar-refractivity contribution in [2.45, 2.75) is 17.7 Å². The summed E-state index contributed by atoms with van der Waals surface area (Å²) in [6, 6.07) is 13.1. The Hall–Kier alpha value is -2.84. The van der Waals surface area contributed by atoms with E-state index in [1.54, 1.807) is 42.5 Å². The van der Waals surface area contributed by atoms with E-state index in [9.17, 15) is 18.0 Å². The van der Waals surface area contributed by atoms with Gasteiger partial charge in [-0.05, 0) is 42.3 Å². The number of benzene rings is 2. The van der Waals surface area contributed by atoms with Gasteiger partial charge in [0.1, 0.15) is 5.75 Å². The largest absolute Gasteiger partial charge is 0.494 e. The molecule has 29 heavy (non-hydrogen) atoms. The lowest BCUT2D eigenvalue weighted by Crippen LogP contribution is -2.16. The molecule has 0 bridgehead atoms. The highest BCUT2D eigenvalue weighted by atomic mass is 35.5. The molecule has 0 aliphatic carbocycles. The molecular formula is C20H21ClO7S. The summed E-state index contributed by atoms with van der Waals surface area (Å²) in [6.07, 6.45) is 2.03. The average Bonchev–Trinajstić information content (AvgIpc) is 2.66. The molecule has 0 saturated heterocycles. The van der Waals surface area contributed by atoms with Gasteiger partial charge in [0.05, 0.1) is 11.5 Å². The van der Waals surface area contributed by atoms with Crippen molar-refractivity contribution >= 4 is 39.5 Å². The predicted molar refractivity (Wildman–Crippen MR) is 110 cm³/mol. The number of sulfone groups is 1. The summed E-state index contributed by atoms with van der Waals surface area (Å²) >= 11 is 5.68. The third kappa shape index (κ3) is 9.27. The lowest BCUT2D eigenvalue weighted by molar-refractivity contribution is -0.137. The quantitative estimate of drug-likeness (QED) is 0.569. The first-order valence-electron chi connectivity index (χ1n) is 8.42. The van der Waals surface area contributed by atoms with Crippen LogP contribution in [0.5, 0.6) is 5.75 Å². The van der Waals surface area contributed by atoms with E-state index in [-0.39, 0.29) is 11.3 Å². The molecule has 0 fully saturated rings. The van der Waals surface area contributed by atoms with Gasteiger partial charge in [0.15, 0.2) is 15.6 Å². The highest BCUT2D eigenvalue weighted by Crippen LogP contribution is 2.18. The summed E-state index contributed by atoms with van der Waals surface area (Å²) in [7, 11) is -3.77. The van der Waals surface area contributed by atoms with Gasteiger partial charge in [0.2, 0.25) is 0 Å². The molecule has 0 atom stereocenters. The Labute approximate surface area is 174 Å². The highest BCUT2D eigenvalue weighted by molar-refractivity contribution is 7.92. The van der Waals surface area contributed by atoms with Crippen molar-refractivity contribution < 1.29 is 33.0 Å². The van der Waals surface area contributed by atoms with Crippen molar-refractivity contribution in [3.05, 3.63) is 65.7 Å². The fraction of sp³-hybridized carbons (Fsp3) is 0.200. The number of carbonyl (C=O) groups is 2. The van der Waals surface area contributed by atoms with Gasteiger partial charge in [0, 0.05) is 11.4 Å².